The van der Waals surface area contributed by atoms with E-state index in [4.69, 9.17) is 5.11 Å². The molecule has 1 aliphatic heterocycles. The molecule has 0 saturated carbocycles. The maximum Gasteiger partial charge on any atom is 0.101 e. The minimum Gasteiger partial charge on any atom is -0.391 e. The van der Waals surface area contributed by atoms with E-state index < -0.39 is 0 Å². The van der Waals surface area contributed by atoms with E-state index in [1.807, 2.05) is 27.7 Å². The van der Waals surface area contributed by atoms with Crippen LogP contribution in [0.15, 0.2) is 0 Å². The van der Waals surface area contributed by atoms with Crippen LogP contribution in [0.5, 0.6) is 0 Å². The molecule has 0 aliphatic carbocycles. The van der Waals surface area contributed by atoms with Crippen LogP contribution in [0, 0.1) is 0 Å². The fourth-order valence-corrected chi connectivity index (χ4v) is 2.28. The van der Waals surface area contributed by atoms with Crippen molar-refractivity contribution in [1.82, 2.24) is 5.06 Å². The Kier molecular flexibility index (Phi) is 6.27. The highest BCUT2D eigenvalue weighted by Crippen LogP contribution is 2.36. The van der Waals surface area contributed by atoms with Crippen molar-refractivity contribution in [3.8, 4) is 0 Å². The zero-order valence-corrected chi connectivity index (χ0v) is 13.3. The van der Waals surface area contributed by atoms with Crippen molar-refractivity contribution in [1.29, 1.82) is 0 Å². The summed E-state index contributed by atoms with van der Waals surface area (Å²) < 4.78 is 0.844. The van der Waals surface area contributed by atoms with Crippen molar-refractivity contribution in [3.63, 3.8) is 0 Å². The van der Waals surface area contributed by atoms with E-state index in [0.717, 1.165) is 23.9 Å². The Hall–Kier alpha value is -0.160. The van der Waals surface area contributed by atoms with E-state index in [-0.39, 0.29) is 17.7 Å². The summed E-state index contributed by atoms with van der Waals surface area (Å²) >= 11 is 0. The van der Waals surface area contributed by atoms with E-state index in [1.165, 1.54) is 11.5 Å². The average molecular weight is 260 g/mol. The maximum absolute atomic E-state index is 11.7. The summed E-state index contributed by atoms with van der Waals surface area (Å²) in [4.78, 5) is 0. The van der Waals surface area contributed by atoms with E-state index >= 15 is 0 Å². The zero-order valence-electron chi connectivity index (χ0n) is 13.3. The van der Waals surface area contributed by atoms with Crippen molar-refractivity contribution in [2.75, 3.05) is 34.3 Å². The first-order valence-corrected chi connectivity index (χ1v) is 6.81. The van der Waals surface area contributed by atoms with Gasteiger partial charge in [-0.15, -0.1) is 10.3 Å². The molecule has 18 heavy (non-hydrogen) atoms. The van der Waals surface area contributed by atoms with Gasteiger partial charge in [0.15, 0.2) is 0 Å². The molecule has 0 spiro atoms. The average Bonchev–Trinajstić information content (AvgIpc) is 2.13. The number of piperidine rings is 1. The molecule has 0 amide bonds. The number of hydrogen-bond donors (Lipinski definition) is 1. The van der Waals surface area contributed by atoms with E-state index in [9.17, 15) is 5.21 Å². The number of aliphatic hydroxyl groups is 1. The second-order valence-electron chi connectivity index (χ2n) is 7.51. The lowest BCUT2D eigenvalue weighted by Gasteiger charge is -2.46. The Bertz CT molecular complexity index is 229. The molecule has 4 heteroatoms. The van der Waals surface area contributed by atoms with Crippen LogP contribution in [0.1, 0.15) is 47.0 Å². The quantitative estimate of drug-likeness (QED) is 0.772. The second-order valence-corrected chi connectivity index (χ2v) is 7.51. The highest BCUT2D eigenvalue weighted by atomic mass is 16.5. The summed E-state index contributed by atoms with van der Waals surface area (Å²) in [6, 6.07) is 0. The SMILES string of the molecule is CC1(C)CCCC(C)(C)N1[O].C[N+](C)(C)CCO. The van der Waals surface area contributed by atoms with Crippen LogP contribution in [0.2, 0.25) is 0 Å². The Labute approximate surface area is 113 Å². The molecule has 109 valence electrons. The standard InChI is InChI=1S/C9H18NO.C5H14NO/c1-8(2)6-5-7-9(3,4)10(8)11;1-6(2,3)4-5-7/h5-7H2,1-4H3;7H,4-5H2,1-3H3/q;+1. The molecule has 0 aromatic carbocycles. The predicted octanol–water partition coefficient (Wildman–Crippen LogP) is 2.06. The van der Waals surface area contributed by atoms with Crippen LogP contribution in [0.3, 0.4) is 0 Å². The predicted molar refractivity (Wildman–Crippen MR) is 74.5 cm³/mol. The van der Waals surface area contributed by atoms with Crippen molar-refractivity contribution in [3.05, 3.63) is 0 Å². The lowest BCUT2D eigenvalue weighted by molar-refractivity contribution is -0.870. The molecule has 0 unspecified atom stereocenters. The normalized spacial score (nSPS) is 23.2. The van der Waals surface area contributed by atoms with Gasteiger partial charge in [0.05, 0.1) is 27.7 Å². The highest BCUT2D eigenvalue weighted by molar-refractivity contribution is 4.91. The van der Waals surface area contributed by atoms with Crippen molar-refractivity contribution in [2.45, 2.75) is 58.0 Å². The molecule has 1 radical (unpaired) electrons. The summed E-state index contributed by atoms with van der Waals surface area (Å²) in [7, 11) is 6.16. The third-order valence-corrected chi connectivity index (χ3v) is 3.45. The number of hydroxylamine groups is 2. The van der Waals surface area contributed by atoms with Crippen LogP contribution in [-0.2, 0) is 5.21 Å². The summed E-state index contributed by atoms with van der Waals surface area (Å²) in [5.74, 6) is 0. The van der Waals surface area contributed by atoms with Gasteiger partial charge >= 0.3 is 0 Å². The van der Waals surface area contributed by atoms with Crippen LogP contribution in [-0.4, -0.2) is 60.0 Å². The first kappa shape index (κ1) is 17.8. The first-order chi connectivity index (χ1) is 7.92. The third-order valence-electron chi connectivity index (χ3n) is 3.45. The van der Waals surface area contributed by atoms with E-state index in [2.05, 4.69) is 21.1 Å². The van der Waals surface area contributed by atoms with Gasteiger partial charge in [-0.2, -0.15) is 0 Å². The molecule has 0 bridgehead atoms. The lowest BCUT2D eigenvalue weighted by Crippen LogP contribution is -2.55. The van der Waals surface area contributed by atoms with Crippen molar-refractivity contribution < 1.29 is 14.8 Å². The number of hydrogen-bond acceptors (Lipinski definition) is 2. The molecule has 0 aromatic heterocycles. The minimum absolute atomic E-state index is 0.151. The molecule has 0 atom stereocenters. The topological polar surface area (TPSA) is 43.4 Å². The molecular weight excluding hydrogens is 228 g/mol. The van der Waals surface area contributed by atoms with Crippen LogP contribution < -0.4 is 0 Å². The van der Waals surface area contributed by atoms with Gasteiger partial charge in [0.1, 0.15) is 6.54 Å². The lowest BCUT2D eigenvalue weighted by atomic mass is 9.82. The molecule has 1 heterocycles. The molecular formula is C14H32N2O2+. The molecule has 1 saturated heterocycles. The maximum atomic E-state index is 11.7. The highest BCUT2D eigenvalue weighted by Gasteiger charge is 2.41. The van der Waals surface area contributed by atoms with Crippen LogP contribution in [0.4, 0.5) is 0 Å². The largest absolute Gasteiger partial charge is 0.391 e. The van der Waals surface area contributed by atoms with Gasteiger partial charge < -0.3 is 9.59 Å². The number of likely N-dealkylation sites (N-methyl/N-ethyl adjacent to an activating group) is 1. The van der Waals surface area contributed by atoms with Gasteiger partial charge in [-0.1, -0.05) is 0 Å². The monoisotopic (exact) mass is 260 g/mol. The number of nitrogens with zero attached hydrogens (tertiary/aromatic N) is 2. The molecule has 1 N–H and O–H groups in total. The number of quaternary nitrogens is 1. The van der Waals surface area contributed by atoms with Crippen molar-refractivity contribution >= 4 is 0 Å². The molecule has 0 aromatic rings. The Balaban J connectivity index is 0.000000360. The Morgan fingerprint density at radius 1 is 1.06 bits per heavy atom. The number of aliphatic hydroxyl groups excluding tert-OH is 1. The Morgan fingerprint density at radius 2 is 1.44 bits per heavy atom. The van der Waals surface area contributed by atoms with Gasteiger partial charge in [-0.25, -0.2) is 0 Å². The summed E-state index contributed by atoms with van der Waals surface area (Å²) in [6.45, 7) is 9.23. The first-order valence-electron chi connectivity index (χ1n) is 6.81. The summed E-state index contributed by atoms with van der Waals surface area (Å²) in [5, 5.41) is 21.3. The van der Waals surface area contributed by atoms with Gasteiger partial charge in [-0.3, -0.25) is 0 Å². The third kappa shape index (κ3) is 6.14. The van der Waals surface area contributed by atoms with Crippen molar-refractivity contribution in [2.24, 2.45) is 0 Å². The van der Waals surface area contributed by atoms with E-state index in [1.54, 1.807) is 0 Å². The fraction of sp³-hybridized carbons (Fsp3) is 1.00. The molecule has 4 nitrogen and oxygen atoms in total. The van der Waals surface area contributed by atoms with Gasteiger partial charge in [-0.05, 0) is 47.0 Å². The molecule has 1 fully saturated rings. The van der Waals surface area contributed by atoms with E-state index in [0.29, 0.717) is 0 Å². The zero-order chi connectivity index (χ0) is 14.6. The minimum atomic E-state index is -0.151. The van der Waals surface area contributed by atoms with Gasteiger partial charge in [0, 0.05) is 11.1 Å². The Morgan fingerprint density at radius 3 is 1.61 bits per heavy atom. The number of rotatable bonds is 2. The molecule has 1 rings (SSSR count). The van der Waals surface area contributed by atoms with Crippen LogP contribution in [0.25, 0.3) is 0 Å². The van der Waals surface area contributed by atoms with Gasteiger partial charge in [0.25, 0.3) is 0 Å². The van der Waals surface area contributed by atoms with Crippen LogP contribution >= 0.6 is 0 Å². The summed E-state index contributed by atoms with van der Waals surface area (Å²) in [5.41, 5.74) is -0.302. The fourth-order valence-electron chi connectivity index (χ4n) is 2.28. The van der Waals surface area contributed by atoms with Gasteiger partial charge in [0.2, 0.25) is 0 Å². The second kappa shape index (κ2) is 6.33. The summed E-state index contributed by atoms with van der Waals surface area (Å²) in [6.07, 6.45) is 3.23. The molecule has 1 aliphatic rings. The smallest absolute Gasteiger partial charge is 0.101 e.